The number of carboxylic acid groups (broad SMARTS) is 1. The van der Waals surface area contributed by atoms with E-state index < -0.39 is 5.97 Å². The molecule has 3 nitrogen and oxygen atoms in total. The number of nitrogens with zero attached hydrogens (tertiary/aromatic N) is 1. The number of benzene rings is 1. The van der Waals surface area contributed by atoms with Crippen molar-refractivity contribution in [3.63, 3.8) is 0 Å². The number of carbonyl (C=O) groups is 1. The Morgan fingerprint density at radius 1 is 1.43 bits per heavy atom. The average Bonchev–Trinajstić information content (AvgIpc) is 2.16. The highest BCUT2D eigenvalue weighted by molar-refractivity contribution is 14.1. The summed E-state index contributed by atoms with van der Waals surface area (Å²) in [7, 11) is 0. The van der Waals surface area contributed by atoms with Gasteiger partial charge in [-0.15, -0.1) is 0 Å². The summed E-state index contributed by atoms with van der Waals surface area (Å²) in [5, 5.41) is 17.1. The summed E-state index contributed by atoms with van der Waals surface area (Å²) < 4.78 is 1.06. The maximum atomic E-state index is 10.5. The van der Waals surface area contributed by atoms with Crippen molar-refractivity contribution in [3.05, 3.63) is 39.0 Å². The number of hydrogen-bond acceptors (Lipinski definition) is 2. The van der Waals surface area contributed by atoms with Gasteiger partial charge in [-0.25, -0.2) is 4.79 Å². The lowest BCUT2D eigenvalue weighted by atomic mass is 10.1. The van der Waals surface area contributed by atoms with Gasteiger partial charge in [0.1, 0.15) is 11.6 Å². The fourth-order valence-corrected chi connectivity index (χ4v) is 1.23. The lowest BCUT2D eigenvalue weighted by Crippen LogP contribution is -1.97. The molecule has 70 valence electrons. The molecule has 0 aliphatic carbocycles. The maximum Gasteiger partial charge on any atom is 0.346 e. The lowest BCUT2D eigenvalue weighted by Gasteiger charge is -1.94. The van der Waals surface area contributed by atoms with Crippen LogP contribution in [-0.4, -0.2) is 11.1 Å². The standard InChI is InChI=1S/C10H6INO2/c11-9-3-1-7(2-4-9)5-8(6-12)10(13)14/h1-5H,(H,13,14). The molecule has 0 aromatic heterocycles. The third-order valence-electron chi connectivity index (χ3n) is 1.53. The Balaban J connectivity index is 3.03. The van der Waals surface area contributed by atoms with Gasteiger partial charge in [0, 0.05) is 3.57 Å². The number of aliphatic carboxylic acids is 1. The first-order valence-electron chi connectivity index (χ1n) is 3.74. The summed E-state index contributed by atoms with van der Waals surface area (Å²) in [5.74, 6) is -1.20. The minimum atomic E-state index is -1.20. The summed E-state index contributed by atoms with van der Waals surface area (Å²) >= 11 is 2.15. The molecule has 0 saturated carbocycles. The molecule has 0 bridgehead atoms. The molecular weight excluding hydrogens is 293 g/mol. The van der Waals surface area contributed by atoms with Crippen molar-refractivity contribution in [2.24, 2.45) is 0 Å². The zero-order valence-electron chi connectivity index (χ0n) is 7.07. The van der Waals surface area contributed by atoms with Gasteiger partial charge < -0.3 is 5.11 Å². The molecule has 0 saturated heterocycles. The molecule has 14 heavy (non-hydrogen) atoms. The van der Waals surface area contributed by atoms with Crippen LogP contribution in [-0.2, 0) is 4.79 Å². The molecule has 0 aliphatic rings. The summed E-state index contributed by atoms with van der Waals surface area (Å²) in [6.07, 6.45) is 1.35. The van der Waals surface area contributed by atoms with Crippen molar-refractivity contribution in [1.82, 2.24) is 0 Å². The minimum Gasteiger partial charge on any atom is -0.477 e. The van der Waals surface area contributed by atoms with Gasteiger partial charge in [-0.05, 0) is 46.4 Å². The van der Waals surface area contributed by atoms with Gasteiger partial charge in [0.05, 0.1) is 0 Å². The van der Waals surface area contributed by atoms with Crippen LogP contribution in [0.3, 0.4) is 0 Å². The highest BCUT2D eigenvalue weighted by Gasteiger charge is 2.04. The summed E-state index contributed by atoms with van der Waals surface area (Å²) in [5.41, 5.74) is 0.454. The Kier molecular flexibility index (Phi) is 3.65. The SMILES string of the molecule is N#CC(=Cc1ccc(I)cc1)C(=O)O. The van der Waals surface area contributed by atoms with E-state index in [0.29, 0.717) is 5.56 Å². The summed E-state index contributed by atoms with van der Waals surface area (Å²) in [6, 6.07) is 8.86. The maximum absolute atomic E-state index is 10.5. The van der Waals surface area contributed by atoms with E-state index in [1.165, 1.54) is 6.08 Å². The molecule has 0 amide bonds. The largest absolute Gasteiger partial charge is 0.477 e. The molecule has 1 N–H and O–H groups in total. The normalized spacial score (nSPS) is 10.7. The Morgan fingerprint density at radius 3 is 2.43 bits per heavy atom. The highest BCUT2D eigenvalue weighted by atomic mass is 127. The molecule has 1 aromatic rings. The second-order valence-electron chi connectivity index (χ2n) is 2.53. The van der Waals surface area contributed by atoms with Gasteiger partial charge in [-0.2, -0.15) is 5.26 Å². The van der Waals surface area contributed by atoms with E-state index in [-0.39, 0.29) is 5.57 Å². The van der Waals surface area contributed by atoms with Crippen LogP contribution in [0.1, 0.15) is 5.56 Å². The second kappa shape index (κ2) is 4.77. The third kappa shape index (κ3) is 2.85. The van der Waals surface area contributed by atoms with Crippen molar-refractivity contribution < 1.29 is 9.90 Å². The van der Waals surface area contributed by atoms with E-state index in [1.807, 2.05) is 12.1 Å². The zero-order chi connectivity index (χ0) is 10.6. The number of hydrogen-bond donors (Lipinski definition) is 1. The first-order valence-corrected chi connectivity index (χ1v) is 4.82. The Hall–Kier alpha value is -1.35. The van der Waals surface area contributed by atoms with Gasteiger partial charge in [0.2, 0.25) is 0 Å². The first-order chi connectivity index (χ1) is 6.63. The molecule has 0 heterocycles. The second-order valence-corrected chi connectivity index (χ2v) is 3.77. The third-order valence-corrected chi connectivity index (χ3v) is 2.25. The van der Waals surface area contributed by atoms with Gasteiger partial charge >= 0.3 is 5.97 Å². The van der Waals surface area contributed by atoms with Crippen LogP contribution in [0.25, 0.3) is 6.08 Å². The topological polar surface area (TPSA) is 61.1 Å². The predicted molar refractivity (Wildman–Crippen MR) is 60.4 cm³/mol. The van der Waals surface area contributed by atoms with Gasteiger partial charge in [-0.1, -0.05) is 12.1 Å². The van der Waals surface area contributed by atoms with Crippen molar-refractivity contribution in [2.75, 3.05) is 0 Å². The van der Waals surface area contributed by atoms with Crippen LogP contribution < -0.4 is 0 Å². The molecule has 0 radical (unpaired) electrons. The molecule has 1 aromatic carbocycles. The molecule has 0 unspecified atom stereocenters. The lowest BCUT2D eigenvalue weighted by molar-refractivity contribution is -0.132. The highest BCUT2D eigenvalue weighted by Crippen LogP contribution is 2.10. The smallest absolute Gasteiger partial charge is 0.346 e. The number of carboxylic acids is 1. The van der Waals surface area contributed by atoms with Crippen molar-refractivity contribution >= 4 is 34.6 Å². The fourth-order valence-electron chi connectivity index (χ4n) is 0.868. The Morgan fingerprint density at radius 2 is 2.00 bits per heavy atom. The van der Waals surface area contributed by atoms with E-state index in [4.69, 9.17) is 10.4 Å². The predicted octanol–water partition coefficient (Wildman–Crippen LogP) is 2.28. The van der Waals surface area contributed by atoms with Crippen LogP contribution in [0.4, 0.5) is 0 Å². The molecule has 1 rings (SSSR count). The number of halogens is 1. The van der Waals surface area contributed by atoms with Gasteiger partial charge in [0.25, 0.3) is 0 Å². The zero-order valence-corrected chi connectivity index (χ0v) is 9.22. The van der Waals surface area contributed by atoms with E-state index in [2.05, 4.69) is 22.6 Å². The monoisotopic (exact) mass is 299 g/mol. The van der Waals surface area contributed by atoms with Crippen LogP contribution in [0.5, 0.6) is 0 Å². The fraction of sp³-hybridized carbons (Fsp3) is 0. The number of rotatable bonds is 2. The number of nitriles is 1. The van der Waals surface area contributed by atoms with Crippen molar-refractivity contribution in [2.45, 2.75) is 0 Å². The van der Waals surface area contributed by atoms with Crippen LogP contribution in [0.2, 0.25) is 0 Å². The first kappa shape index (κ1) is 10.7. The van der Waals surface area contributed by atoms with Crippen LogP contribution in [0.15, 0.2) is 29.8 Å². The minimum absolute atomic E-state index is 0.258. The molecule has 0 aliphatic heterocycles. The summed E-state index contributed by atoms with van der Waals surface area (Å²) in [4.78, 5) is 10.5. The Bertz CT molecular complexity index is 415. The van der Waals surface area contributed by atoms with Crippen molar-refractivity contribution in [1.29, 1.82) is 5.26 Å². The quantitative estimate of drug-likeness (QED) is 0.518. The van der Waals surface area contributed by atoms with Crippen molar-refractivity contribution in [3.8, 4) is 6.07 Å². The van der Waals surface area contributed by atoms with E-state index in [0.717, 1.165) is 3.57 Å². The molecule has 0 fully saturated rings. The van der Waals surface area contributed by atoms with E-state index in [1.54, 1.807) is 18.2 Å². The molecule has 0 spiro atoms. The molecule has 4 heteroatoms. The average molecular weight is 299 g/mol. The van der Waals surface area contributed by atoms with Crippen LogP contribution in [0, 0.1) is 14.9 Å². The van der Waals surface area contributed by atoms with E-state index >= 15 is 0 Å². The van der Waals surface area contributed by atoms with Gasteiger partial charge in [-0.3, -0.25) is 0 Å². The van der Waals surface area contributed by atoms with Gasteiger partial charge in [0.15, 0.2) is 0 Å². The Labute approximate surface area is 94.8 Å². The summed E-state index contributed by atoms with van der Waals surface area (Å²) in [6.45, 7) is 0. The van der Waals surface area contributed by atoms with Crippen LogP contribution >= 0.6 is 22.6 Å². The molecule has 0 atom stereocenters. The molecular formula is C10H6INO2. The van der Waals surface area contributed by atoms with E-state index in [9.17, 15) is 4.79 Å².